The van der Waals surface area contributed by atoms with Gasteiger partial charge >= 0.3 is 0 Å². The summed E-state index contributed by atoms with van der Waals surface area (Å²) in [5, 5.41) is 0. The predicted octanol–water partition coefficient (Wildman–Crippen LogP) is 2.43. The molecule has 1 aromatic rings. The third-order valence-electron chi connectivity index (χ3n) is 6.39. The fraction of sp³-hybridized carbons (Fsp3) is 0.650. The SMILES string of the molecule is C[C@H]1CN(C(=O)C2(c3ccc(F)cc3)CCC2)C[C@@H]1N1CCOCC1. The average molecular weight is 346 g/mol. The Morgan fingerprint density at radius 2 is 1.84 bits per heavy atom. The van der Waals surface area contributed by atoms with Crippen molar-refractivity contribution in [1.29, 1.82) is 0 Å². The van der Waals surface area contributed by atoms with E-state index in [1.54, 1.807) is 12.1 Å². The lowest BCUT2D eigenvalue weighted by molar-refractivity contribution is -0.140. The number of benzene rings is 1. The second-order valence-corrected chi connectivity index (χ2v) is 7.85. The van der Waals surface area contributed by atoms with Gasteiger partial charge in [0.2, 0.25) is 5.91 Å². The van der Waals surface area contributed by atoms with E-state index in [1.807, 2.05) is 0 Å². The molecule has 2 saturated heterocycles. The van der Waals surface area contributed by atoms with E-state index in [-0.39, 0.29) is 11.7 Å². The summed E-state index contributed by atoms with van der Waals surface area (Å²) in [5.41, 5.74) is 0.556. The molecule has 4 nitrogen and oxygen atoms in total. The molecule has 0 bridgehead atoms. The van der Waals surface area contributed by atoms with E-state index < -0.39 is 5.41 Å². The number of hydrogen-bond donors (Lipinski definition) is 0. The Kier molecular flexibility index (Phi) is 4.54. The van der Waals surface area contributed by atoms with E-state index in [2.05, 4.69) is 16.7 Å². The minimum Gasteiger partial charge on any atom is -0.379 e. The normalized spacial score (nSPS) is 29.4. The maximum absolute atomic E-state index is 13.4. The molecule has 1 aliphatic carbocycles. The zero-order valence-corrected chi connectivity index (χ0v) is 14.9. The molecule has 0 radical (unpaired) electrons. The Bertz CT molecular complexity index is 623. The lowest BCUT2D eigenvalue weighted by Crippen LogP contribution is -2.51. The first-order chi connectivity index (χ1) is 12.1. The quantitative estimate of drug-likeness (QED) is 0.843. The van der Waals surface area contributed by atoms with Crippen LogP contribution < -0.4 is 0 Å². The second kappa shape index (κ2) is 6.69. The van der Waals surface area contributed by atoms with Gasteiger partial charge in [0.05, 0.1) is 18.6 Å². The molecule has 3 fully saturated rings. The van der Waals surface area contributed by atoms with Crippen LogP contribution in [0.3, 0.4) is 0 Å². The molecule has 5 heteroatoms. The minimum absolute atomic E-state index is 0.243. The molecule has 3 aliphatic rings. The van der Waals surface area contributed by atoms with Gasteiger partial charge in [-0.2, -0.15) is 0 Å². The number of rotatable bonds is 3. The van der Waals surface area contributed by atoms with Gasteiger partial charge in [0, 0.05) is 32.2 Å². The molecule has 25 heavy (non-hydrogen) atoms. The first-order valence-corrected chi connectivity index (χ1v) is 9.47. The summed E-state index contributed by atoms with van der Waals surface area (Å²) in [4.78, 5) is 17.9. The van der Waals surface area contributed by atoms with E-state index in [4.69, 9.17) is 4.74 Å². The van der Waals surface area contributed by atoms with Crippen molar-refractivity contribution < 1.29 is 13.9 Å². The molecule has 2 aliphatic heterocycles. The van der Waals surface area contributed by atoms with Crippen LogP contribution in [-0.2, 0) is 14.9 Å². The highest BCUT2D eigenvalue weighted by molar-refractivity contribution is 5.89. The molecular formula is C20H27FN2O2. The highest BCUT2D eigenvalue weighted by Crippen LogP contribution is 2.46. The van der Waals surface area contributed by atoms with Crippen LogP contribution in [-0.4, -0.2) is 61.1 Å². The van der Waals surface area contributed by atoms with Crippen molar-refractivity contribution in [3.63, 3.8) is 0 Å². The molecule has 1 aromatic carbocycles. The molecule has 1 saturated carbocycles. The molecule has 4 rings (SSSR count). The minimum atomic E-state index is -0.423. The fourth-order valence-electron chi connectivity index (χ4n) is 4.73. The zero-order chi connectivity index (χ0) is 17.4. The van der Waals surface area contributed by atoms with Crippen molar-refractivity contribution in [3.8, 4) is 0 Å². The van der Waals surface area contributed by atoms with Crippen molar-refractivity contribution in [2.24, 2.45) is 5.92 Å². The Balaban J connectivity index is 1.51. The van der Waals surface area contributed by atoms with Crippen LogP contribution in [0.1, 0.15) is 31.7 Å². The summed E-state index contributed by atoms with van der Waals surface area (Å²) < 4.78 is 18.8. The molecule has 0 aromatic heterocycles. The third-order valence-corrected chi connectivity index (χ3v) is 6.39. The molecule has 0 unspecified atom stereocenters. The van der Waals surface area contributed by atoms with Crippen molar-refractivity contribution in [2.75, 3.05) is 39.4 Å². The number of nitrogens with zero attached hydrogens (tertiary/aromatic N) is 2. The Morgan fingerprint density at radius 1 is 1.16 bits per heavy atom. The van der Waals surface area contributed by atoms with Crippen LogP contribution in [0.5, 0.6) is 0 Å². The third kappa shape index (κ3) is 2.97. The van der Waals surface area contributed by atoms with Gasteiger partial charge in [-0.15, -0.1) is 0 Å². The van der Waals surface area contributed by atoms with Crippen LogP contribution in [0.4, 0.5) is 4.39 Å². The van der Waals surface area contributed by atoms with Crippen LogP contribution in [0.15, 0.2) is 24.3 Å². The predicted molar refractivity (Wildman–Crippen MR) is 93.9 cm³/mol. The fourth-order valence-corrected chi connectivity index (χ4v) is 4.73. The maximum Gasteiger partial charge on any atom is 0.233 e. The smallest absolute Gasteiger partial charge is 0.233 e. The highest BCUT2D eigenvalue weighted by atomic mass is 19.1. The Morgan fingerprint density at radius 3 is 2.44 bits per heavy atom. The van der Waals surface area contributed by atoms with Gasteiger partial charge in [-0.3, -0.25) is 9.69 Å². The summed E-state index contributed by atoms with van der Waals surface area (Å²) in [6, 6.07) is 6.98. The van der Waals surface area contributed by atoms with E-state index >= 15 is 0 Å². The molecule has 1 amide bonds. The van der Waals surface area contributed by atoms with E-state index in [9.17, 15) is 9.18 Å². The lowest BCUT2D eigenvalue weighted by atomic mass is 9.63. The number of amides is 1. The molecule has 0 N–H and O–H groups in total. The average Bonchev–Trinajstić information content (AvgIpc) is 2.98. The Labute approximate surface area is 148 Å². The van der Waals surface area contributed by atoms with Gasteiger partial charge in [0.25, 0.3) is 0 Å². The van der Waals surface area contributed by atoms with Gasteiger partial charge in [0.1, 0.15) is 5.82 Å². The van der Waals surface area contributed by atoms with Crippen molar-refractivity contribution in [2.45, 2.75) is 37.6 Å². The summed E-state index contributed by atoms with van der Waals surface area (Å²) >= 11 is 0. The number of ether oxygens (including phenoxy) is 1. The number of likely N-dealkylation sites (tertiary alicyclic amines) is 1. The van der Waals surface area contributed by atoms with E-state index in [1.165, 1.54) is 12.1 Å². The van der Waals surface area contributed by atoms with Crippen molar-refractivity contribution in [1.82, 2.24) is 9.80 Å². The number of hydrogen-bond acceptors (Lipinski definition) is 3. The highest BCUT2D eigenvalue weighted by Gasteiger charge is 2.50. The van der Waals surface area contributed by atoms with Gasteiger partial charge in [0.15, 0.2) is 0 Å². The first-order valence-electron chi connectivity index (χ1n) is 9.47. The van der Waals surface area contributed by atoms with E-state index in [0.717, 1.165) is 64.2 Å². The second-order valence-electron chi connectivity index (χ2n) is 7.85. The first kappa shape index (κ1) is 17.0. The maximum atomic E-state index is 13.4. The van der Waals surface area contributed by atoms with Crippen LogP contribution in [0.25, 0.3) is 0 Å². The van der Waals surface area contributed by atoms with Crippen LogP contribution in [0, 0.1) is 11.7 Å². The Hall–Kier alpha value is -1.46. The summed E-state index contributed by atoms with van der Waals surface area (Å²) in [7, 11) is 0. The molecular weight excluding hydrogens is 319 g/mol. The topological polar surface area (TPSA) is 32.8 Å². The summed E-state index contributed by atoms with van der Waals surface area (Å²) in [5.74, 6) is 0.480. The van der Waals surface area contributed by atoms with Gasteiger partial charge in [-0.1, -0.05) is 25.5 Å². The molecule has 2 heterocycles. The molecule has 0 spiro atoms. The van der Waals surface area contributed by atoms with Gasteiger partial charge in [-0.05, 0) is 36.5 Å². The monoisotopic (exact) mass is 346 g/mol. The van der Waals surface area contributed by atoms with Gasteiger partial charge < -0.3 is 9.64 Å². The summed E-state index contributed by atoms with van der Waals surface area (Å²) in [6.45, 7) is 7.37. The standard InChI is InChI=1S/C20H27FN2O2/c1-15-13-23(14-18(15)22-9-11-25-12-10-22)19(24)20(7-2-8-20)16-3-5-17(21)6-4-16/h3-6,15,18H,2,7-14H2,1H3/t15-,18-/m0/s1. The van der Waals surface area contributed by atoms with Crippen molar-refractivity contribution in [3.05, 3.63) is 35.6 Å². The number of carbonyl (C=O) groups excluding carboxylic acids is 1. The zero-order valence-electron chi connectivity index (χ0n) is 14.9. The van der Waals surface area contributed by atoms with Gasteiger partial charge in [-0.25, -0.2) is 4.39 Å². The molecule has 136 valence electrons. The van der Waals surface area contributed by atoms with Crippen LogP contribution >= 0.6 is 0 Å². The number of carbonyl (C=O) groups is 1. The number of morpholine rings is 1. The lowest BCUT2D eigenvalue weighted by Gasteiger charge is -2.43. The van der Waals surface area contributed by atoms with E-state index in [0.29, 0.717) is 12.0 Å². The molecule has 2 atom stereocenters. The summed E-state index contributed by atoms with van der Waals surface area (Å²) in [6.07, 6.45) is 2.83. The number of halogens is 1. The van der Waals surface area contributed by atoms with Crippen molar-refractivity contribution >= 4 is 5.91 Å². The largest absolute Gasteiger partial charge is 0.379 e. The van der Waals surface area contributed by atoms with Crippen LogP contribution in [0.2, 0.25) is 0 Å².